The third kappa shape index (κ3) is 9.19. The van der Waals surface area contributed by atoms with Crippen molar-refractivity contribution in [2.75, 3.05) is 13.1 Å². The molecule has 0 bridgehead atoms. The summed E-state index contributed by atoms with van der Waals surface area (Å²) in [4.78, 5) is 26.7. The van der Waals surface area contributed by atoms with Crippen molar-refractivity contribution in [3.63, 3.8) is 0 Å². The van der Waals surface area contributed by atoms with Crippen LogP contribution in [0.1, 0.15) is 130 Å². The smallest absolute Gasteiger partial charge is 0.223 e. The number of carbonyl (C=O) groups is 2. The Bertz CT molecular complexity index is 528. The first kappa shape index (κ1) is 29.2. The van der Waals surface area contributed by atoms with Gasteiger partial charge in [0, 0.05) is 24.9 Å². The highest BCUT2D eigenvalue weighted by molar-refractivity contribution is 5.80. The number of nitrogens with one attached hydrogen (secondary N) is 2. The van der Waals surface area contributed by atoms with E-state index in [1.807, 2.05) is 0 Å². The molecule has 34 heavy (non-hydrogen) atoms. The van der Waals surface area contributed by atoms with Crippen LogP contribution in [0, 0.1) is 35.5 Å². The second kappa shape index (κ2) is 16.6. The standard InChI is InChI=1S/C30H56N2O2/c1-5-9-15-23(7-3)21-31-29(33)27-19-13-11-17-25(27)26-18-12-14-20-28(26)30(34)32-22-24(8-4)16-10-6-2/h23-28H,5-22H2,1-4H3,(H,31,33)(H,32,34). The first-order chi connectivity index (χ1) is 16.5. The van der Waals surface area contributed by atoms with Gasteiger partial charge >= 0.3 is 0 Å². The second-order valence-electron chi connectivity index (χ2n) is 11.4. The average molecular weight is 477 g/mol. The molecule has 0 aromatic heterocycles. The van der Waals surface area contributed by atoms with Crippen molar-refractivity contribution in [1.82, 2.24) is 10.6 Å². The zero-order chi connectivity index (χ0) is 24.8. The largest absolute Gasteiger partial charge is 0.356 e. The van der Waals surface area contributed by atoms with E-state index in [1.165, 1.54) is 51.4 Å². The summed E-state index contributed by atoms with van der Waals surface area (Å²) in [6, 6.07) is 0. The lowest BCUT2D eigenvalue weighted by Gasteiger charge is -2.42. The summed E-state index contributed by atoms with van der Waals surface area (Å²) < 4.78 is 0. The quantitative estimate of drug-likeness (QED) is 0.261. The fourth-order valence-electron chi connectivity index (χ4n) is 6.63. The van der Waals surface area contributed by atoms with Gasteiger partial charge in [-0.25, -0.2) is 0 Å². The average Bonchev–Trinajstić information content (AvgIpc) is 2.88. The predicted octanol–water partition coefficient (Wildman–Crippen LogP) is 7.26. The third-order valence-electron chi connectivity index (χ3n) is 9.08. The van der Waals surface area contributed by atoms with Crippen molar-refractivity contribution in [1.29, 1.82) is 0 Å². The Balaban J connectivity index is 1.99. The first-order valence-corrected chi connectivity index (χ1v) is 15.1. The molecule has 0 aromatic carbocycles. The molecule has 0 saturated heterocycles. The highest BCUT2D eigenvalue weighted by Gasteiger charge is 2.42. The molecule has 198 valence electrons. The minimum Gasteiger partial charge on any atom is -0.356 e. The monoisotopic (exact) mass is 476 g/mol. The molecule has 2 fully saturated rings. The summed E-state index contributed by atoms with van der Waals surface area (Å²) >= 11 is 0. The molecule has 0 heterocycles. The Hall–Kier alpha value is -1.06. The summed E-state index contributed by atoms with van der Waals surface area (Å²) in [5.41, 5.74) is 0. The molecule has 2 saturated carbocycles. The van der Waals surface area contributed by atoms with Crippen molar-refractivity contribution in [3.8, 4) is 0 Å². The van der Waals surface area contributed by atoms with Crippen molar-refractivity contribution >= 4 is 11.8 Å². The van der Waals surface area contributed by atoms with Crippen LogP contribution >= 0.6 is 0 Å². The molecule has 6 atom stereocenters. The summed E-state index contributed by atoms with van der Waals surface area (Å²) in [6.07, 6.45) is 18.6. The maximum atomic E-state index is 13.4. The van der Waals surface area contributed by atoms with Crippen LogP contribution in [-0.2, 0) is 9.59 Å². The molecule has 2 aliphatic carbocycles. The molecular formula is C30H56N2O2. The summed E-state index contributed by atoms with van der Waals surface area (Å²) in [5, 5.41) is 6.71. The Morgan fingerprint density at radius 1 is 0.647 bits per heavy atom. The number of unbranched alkanes of at least 4 members (excludes halogenated alkanes) is 2. The fraction of sp³-hybridized carbons (Fsp3) is 0.933. The third-order valence-corrected chi connectivity index (χ3v) is 9.08. The van der Waals surface area contributed by atoms with Crippen LogP contribution in [0.2, 0.25) is 0 Å². The van der Waals surface area contributed by atoms with Gasteiger partial charge in [0.2, 0.25) is 11.8 Å². The van der Waals surface area contributed by atoms with Gasteiger partial charge in [0.05, 0.1) is 0 Å². The molecule has 4 heteroatoms. The zero-order valence-corrected chi connectivity index (χ0v) is 23.0. The number of hydrogen-bond acceptors (Lipinski definition) is 2. The van der Waals surface area contributed by atoms with Crippen molar-refractivity contribution in [3.05, 3.63) is 0 Å². The molecule has 2 N–H and O–H groups in total. The van der Waals surface area contributed by atoms with E-state index in [2.05, 4.69) is 38.3 Å². The van der Waals surface area contributed by atoms with E-state index in [9.17, 15) is 9.59 Å². The van der Waals surface area contributed by atoms with Crippen LogP contribution in [0.15, 0.2) is 0 Å². The first-order valence-electron chi connectivity index (χ1n) is 15.1. The summed E-state index contributed by atoms with van der Waals surface area (Å²) in [7, 11) is 0. The van der Waals surface area contributed by atoms with Gasteiger partial charge in [0.15, 0.2) is 0 Å². The molecule has 4 nitrogen and oxygen atoms in total. The molecule has 0 aliphatic heterocycles. The Morgan fingerprint density at radius 3 is 1.38 bits per heavy atom. The van der Waals surface area contributed by atoms with Crippen molar-refractivity contribution in [2.24, 2.45) is 35.5 Å². The van der Waals surface area contributed by atoms with Gasteiger partial charge in [0.1, 0.15) is 0 Å². The van der Waals surface area contributed by atoms with Gasteiger partial charge in [-0.15, -0.1) is 0 Å². The van der Waals surface area contributed by atoms with E-state index in [0.29, 0.717) is 23.7 Å². The molecule has 2 rings (SSSR count). The topological polar surface area (TPSA) is 58.2 Å². The highest BCUT2D eigenvalue weighted by atomic mass is 16.2. The van der Waals surface area contributed by atoms with E-state index in [0.717, 1.165) is 64.5 Å². The van der Waals surface area contributed by atoms with Crippen LogP contribution in [0.4, 0.5) is 0 Å². The summed E-state index contributed by atoms with van der Waals surface area (Å²) in [6.45, 7) is 10.6. The van der Waals surface area contributed by atoms with E-state index >= 15 is 0 Å². The van der Waals surface area contributed by atoms with Crippen molar-refractivity contribution < 1.29 is 9.59 Å². The Labute approximate surface area is 211 Å². The van der Waals surface area contributed by atoms with Crippen molar-refractivity contribution in [2.45, 2.75) is 130 Å². The van der Waals surface area contributed by atoms with Gasteiger partial charge < -0.3 is 10.6 Å². The lowest BCUT2D eigenvalue weighted by Crippen LogP contribution is -2.46. The fourth-order valence-corrected chi connectivity index (χ4v) is 6.63. The molecule has 0 spiro atoms. The van der Waals surface area contributed by atoms with Gasteiger partial charge in [-0.05, 0) is 62.2 Å². The van der Waals surface area contributed by atoms with E-state index in [4.69, 9.17) is 0 Å². The van der Waals surface area contributed by atoms with Gasteiger partial charge in [-0.1, -0.05) is 91.9 Å². The van der Waals surface area contributed by atoms with Crippen LogP contribution < -0.4 is 10.6 Å². The van der Waals surface area contributed by atoms with Crippen LogP contribution in [0.3, 0.4) is 0 Å². The molecule has 0 radical (unpaired) electrons. The maximum Gasteiger partial charge on any atom is 0.223 e. The number of rotatable bonds is 15. The number of amides is 2. The zero-order valence-electron chi connectivity index (χ0n) is 23.0. The SMILES string of the molecule is CCCCC(CC)CNC(=O)C1CCCCC1C1CCCCC1C(=O)NCC(CC)CCCC. The Kier molecular flexibility index (Phi) is 14.2. The number of hydrogen-bond donors (Lipinski definition) is 2. The van der Waals surface area contributed by atoms with Crippen LogP contribution in [0.5, 0.6) is 0 Å². The van der Waals surface area contributed by atoms with E-state index < -0.39 is 0 Å². The lowest BCUT2D eigenvalue weighted by molar-refractivity contribution is -0.134. The van der Waals surface area contributed by atoms with Gasteiger partial charge in [-0.3, -0.25) is 9.59 Å². The summed E-state index contributed by atoms with van der Waals surface area (Å²) in [5.74, 6) is 2.69. The van der Waals surface area contributed by atoms with E-state index in [-0.39, 0.29) is 23.7 Å². The minimum atomic E-state index is 0.101. The van der Waals surface area contributed by atoms with Crippen LogP contribution in [0.25, 0.3) is 0 Å². The normalized spacial score (nSPS) is 27.1. The molecule has 2 amide bonds. The predicted molar refractivity (Wildman–Crippen MR) is 144 cm³/mol. The lowest BCUT2D eigenvalue weighted by atomic mass is 9.63. The molecule has 0 aromatic rings. The highest BCUT2D eigenvalue weighted by Crippen LogP contribution is 2.44. The van der Waals surface area contributed by atoms with E-state index in [1.54, 1.807) is 0 Å². The van der Waals surface area contributed by atoms with Gasteiger partial charge in [0.25, 0.3) is 0 Å². The number of carbonyl (C=O) groups excluding carboxylic acids is 2. The Morgan fingerprint density at radius 2 is 1.03 bits per heavy atom. The molecule has 6 unspecified atom stereocenters. The second-order valence-corrected chi connectivity index (χ2v) is 11.4. The van der Waals surface area contributed by atoms with Crippen LogP contribution in [-0.4, -0.2) is 24.9 Å². The molecular weight excluding hydrogens is 420 g/mol. The maximum absolute atomic E-state index is 13.4. The van der Waals surface area contributed by atoms with Gasteiger partial charge in [-0.2, -0.15) is 0 Å². The molecule has 2 aliphatic rings. The minimum absolute atomic E-state index is 0.101.